The fraction of sp³-hybridized carbons (Fsp3) is 0.600. The summed E-state index contributed by atoms with van der Waals surface area (Å²) in [6.45, 7) is 5.58. The zero-order chi connectivity index (χ0) is 13.1. The average Bonchev–Trinajstić information content (AvgIpc) is 2.79. The Morgan fingerprint density at radius 3 is 2.61 bits per heavy atom. The van der Waals surface area contributed by atoms with Gasteiger partial charge in [-0.2, -0.15) is 0 Å². The monoisotopic (exact) mass is 248 g/mol. The standard InChI is InChI=1S/C15H24N2O/c1-3-14(16)12-4-6-13(7-5-12)17-9-8-11(2)15(17)10-18/h4-7,11,14-15,18H,3,8-10,16H2,1-2H3/t11?,14-,15?/m1/s1. The molecular weight excluding hydrogens is 224 g/mol. The maximum atomic E-state index is 9.49. The minimum Gasteiger partial charge on any atom is -0.394 e. The molecule has 3 heteroatoms. The van der Waals surface area contributed by atoms with E-state index in [-0.39, 0.29) is 18.7 Å². The number of anilines is 1. The molecule has 2 rings (SSSR count). The summed E-state index contributed by atoms with van der Waals surface area (Å²) in [6.07, 6.45) is 2.11. The molecule has 1 aliphatic heterocycles. The lowest BCUT2D eigenvalue weighted by Gasteiger charge is -2.27. The van der Waals surface area contributed by atoms with Crippen molar-refractivity contribution in [2.24, 2.45) is 11.7 Å². The molecule has 0 radical (unpaired) electrons. The van der Waals surface area contributed by atoms with Crippen LogP contribution in [-0.2, 0) is 0 Å². The SMILES string of the molecule is CC[C@@H](N)c1ccc(N2CCC(C)C2CO)cc1. The number of hydrogen-bond donors (Lipinski definition) is 2. The molecule has 18 heavy (non-hydrogen) atoms. The zero-order valence-electron chi connectivity index (χ0n) is 11.3. The molecule has 2 unspecified atom stereocenters. The van der Waals surface area contributed by atoms with E-state index in [4.69, 9.17) is 5.73 Å². The molecule has 3 nitrogen and oxygen atoms in total. The van der Waals surface area contributed by atoms with Crippen LogP contribution < -0.4 is 10.6 Å². The normalized spacial score (nSPS) is 25.4. The highest BCUT2D eigenvalue weighted by Gasteiger charge is 2.30. The first kappa shape index (κ1) is 13.4. The van der Waals surface area contributed by atoms with E-state index in [1.54, 1.807) is 0 Å². The van der Waals surface area contributed by atoms with Crippen LogP contribution in [0.15, 0.2) is 24.3 Å². The first-order valence-electron chi connectivity index (χ1n) is 6.90. The van der Waals surface area contributed by atoms with Crippen LogP contribution in [-0.4, -0.2) is 24.3 Å². The van der Waals surface area contributed by atoms with Crippen molar-refractivity contribution < 1.29 is 5.11 Å². The number of rotatable bonds is 4. The molecule has 1 aliphatic rings. The molecule has 3 N–H and O–H groups in total. The van der Waals surface area contributed by atoms with Crippen LogP contribution in [0, 0.1) is 5.92 Å². The van der Waals surface area contributed by atoms with Gasteiger partial charge < -0.3 is 15.7 Å². The highest BCUT2D eigenvalue weighted by Crippen LogP contribution is 2.30. The number of benzene rings is 1. The second-order valence-electron chi connectivity index (χ2n) is 5.32. The summed E-state index contributed by atoms with van der Waals surface area (Å²) in [7, 11) is 0. The maximum Gasteiger partial charge on any atom is 0.0637 e. The van der Waals surface area contributed by atoms with Crippen LogP contribution >= 0.6 is 0 Å². The molecule has 0 amide bonds. The van der Waals surface area contributed by atoms with Crippen molar-refractivity contribution in [1.29, 1.82) is 0 Å². The van der Waals surface area contributed by atoms with Crippen LogP contribution in [0.4, 0.5) is 5.69 Å². The van der Waals surface area contributed by atoms with E-state index in [1.807, 2.05) is 0 Å². The van der Waals surface area contributed by atoms with Gasteiger partial charge in [0.2, 0.25) is 0 Å². The Morgan fingerprint density at radius 2 is 2.06 bits per heavy atom. The van der Waals surface area contributed by atoms with Crippen molar-refractivity contribution >= 4 is 5.69 Å². The largest absolute Gasteiger partial charge is 0.394 e. The maximum absolute atomic E-state index is 9.49. The fourth-order valence-electron chi connectivity index (χ4n) is 2.76. The Bertz CT molecular complexity index is 377. The van der Waals surface area contributed by atoms with E-state index < -0.39 is 0 Å². The van der Waals surface area contributed by atoms with Gasteiger partial charge >= 0.3 is 0 Å². The summed E-state index contributed by atoms with van der Waals surface area (Å²) < 4.78 is 0. The minimum atomic E-state index is 0.130. The number of nitrogens with two attached hydrogens (primary N) is 1. The van der Waals surface area contributed by atoms with Crippen LogP contribution in [0.1, 0.15) is 38.3 Å². The van der Waals surface area contributed by atoms with E-state index in [0.29, 0.717) is 5.92 Å². The fourth-order valence-corrected chi connectivity index (χ4v) is 2.76. The lowest BCUT2D eigenvalue weighted by Crippen LogP contribution is -2.35. The minimum absolute atomic E-state index is 0.130. The number of hydrogen-bond acceptors (Lipinski definition) is 3. The molecule has 1 heterocycles. The molecule has 1 aromatic carbocycles. The highest BCUT2D eigenvalue weighted by molar-refractivity contribution is 5.50. The van der Waals surface area contributed by atoms with Gasteiger partial charge in [0, 0.05) is 18.3 Å². The van der Waals surface area contributed by atoms with Crippen molar-refractivity contribution in [2.45, 2.75) is 38.8 Å². The van der Waals surface area contributed by atoms with Gasteiger partial charge in [0.1, 0.15) is 0 Å². The van der Waals surface area contributed by atoms with Gasteiger partial charge in [-0.15, -0.1) is 0 Å². The molecule has 3 atom stereocenters. The van der Waals surface area contributed by atoms with Gasteiger partial charge in [-0.1, -0.05) is 26.0 Å². The molecule has 0 aliphatic carbocycles. The van der Waals surface area contributed by atoms with Gasteiger partial charge in [0.15, 0.2) is 0 Å². The van der Waals surface area contributed by atoms with Gasteiger partial charge in [-0.05, 0) is 36.5 Å². The first-order valence-corrected chi connectivity index (χ1v) is 6.90. The van der Waals surface area contributed by atoms with Crippen LogP contribution in [0.2, 0.25) is 0 Å². The molecule has 1 saturated heterocycles. The predicted octanol–water partition coefficient (Wildman–Crippen LogP) is 2.30. The van der Waals surface area contributed by atoms with Crippen molar-refractivity contribution in [3.8, 4) is 0 Å². The Labute approximate surface area is 110 Å². The Kier molecular flexibility index (Phi) is 4.25. The molecule has 1 fully saturated rings. The molecule has 0 spiro atoms. The highest BCUT2D eigenvalue weighted by atomic mass is 16.3. The van der Waals surface area contributed by atoms with E-state index in [2.05, 4.69) is 43.0 Å². The second kappa shape index (κ2) is 5.72. The summed E-state index contributed by atoms with van der Waals surface area (Å²) in [4.78, 5) is 2.31. The first-order chi connectivity index (χ1) is 8.67. The average molecular weight is 248 g/mol. The number of aliphatic hydroxyl groups is 1. The van der Waals surface area contributed by atoms with Crippen molar-refractivity contribution in [3.05, 3.63) is 29.8 Å². The summed E-state index contributed by atoms with van der Waals surface area (Å²) in [5.74, 6) is 0.563. The van der Waals surface area contributed by atoms with Crippen molar-refractivity contribution in [2.75, 3.05) is 18.1 Å². The van der Waals surface area contributed by atoms with E-state index >= 15 is 0 Å². The smallest absolute Gasteiger partial charge is 0.0637 e. The lowest BCUT2D eigenvalue weighted by molar-refractivity contribution is 0.245. The summed E-state index contributed by atoms with van der Waals surface area (Å²) in [5, 5.41) is 9.49. The van der Waals surface area contributed by atoms with Gasteiger partial charge in [-0.25, -0.2) is 0 Å². The lowest BCUT2D eigenvalue weighted by atomic mass is 10.0. The van der Waals surface area contributed by atoms with Crippen molar-refractivity contribution in [3.63, 3.8) is 0 Å². The summed E-state index contributed by atoms with van der Waals surface area (Å²) in [5.41, 5.74) is 8.41. The van der Waals surface area contributed by atoms with Gasteiger partial charge in [0.05, 0.1) is 12.6 Å². The summed E-state index contributed by atoms with van der Waals surface area (Å²) >= 11 is 0. The second-order valence-corrected chi connectivity index (χ2v) is 5.32. The quantitative estimate of drug-likeness (QED) is 0.859. The third-order valence-corrected chi connectivity index (χ3v) is 4.16. The zero-order valence-corrected chi connectivity index (χ0v) is 11.3. The van der Waals surface area contributed by atoms with E-state index in [9.17, 15) is 5.11 Å². The van der Waals surface area contributed by atoms with E-state index in [0.717, 1.165) is 19.4 Å². The van der Waals surface area contributed by atoms with Gasteiger partial charge in [-0.3, -0.25) is 0 Å². The molecule has 0 bridgehead atoms. The third kappa shape index (κ3) is 2.52. The van der Waals surface area contributed by atoms with Crippen LogP contribution in [0.25, 0.3) is 0 Å². The topological polar surface area (TPSA) is 49.5 Å². The molecule has 1 aromatic rings. The molecular formula is C15H24N2O. The van der Waals surface area contributed by atoms with Crippen LogP contribution in [0.5, 0.6) is 0 Å². The predicted molar refractivity (Wildman–Crippen MR) is 75.7 cm³/mol. The summed E-state index contributed by atoms with van der Waals surface area (Å²) in [6, 6.07) is 8.87. The van der Waals surface area contributed by atoms with E-state index in [1.165, 1.54) is 11.3 Å². The third-order valence-electron chi connectivity index (χ3n) is 4.16. The molecule has 0 saturated carbocycles. The van der Waals surface area contributed by atoms with Gasteiger partial charge in [0.25, 0.3) is 0 Å². The van der Waals surface area contributed by atoms with Crippen LogP contribution in [0.3, 0.4) is 0 Å². The van der Waals surface area contributed by atoms with Crippen molar-refractivity contribution in [1.82, 2.24) is 0 Å². The molecule has 100 valence electrons. The number of nitrogens with zero attached hydrogens (tertiary/aromatic N) is 1. The Balaban J connectivity index is 2.14. The Morgan fingerprint density at radius 1 is 1.39 bits per heavy atom. The number of aliphatic hydroxyl groups excluding tert-OH is 1. The Hall–Kier alpha value is -1.06. The molecule has 0 aromatic heterocycles.